The second-order valence-electron chi connectivity index (χ2n) is 6.53. The van der Waals surface area contributed by atoms with Crippen LogP contribution in [0.4, 0.5) is 15.8 Å². The first-order valence-corrected chi connectivity index (χ1v) is 10.5. The largest absolute Gasteiger partial charge is 0.451 e. The standard InChI is InChI=1S/C22H15FN2O5S/c23-14-9-11-15(12-10-14)31(28,29)25-18-7-3-2-6-17(18)24-22(27)21-13-19(26)16-5-1-4-8-20(16)30-21/h1-13,25H,(H,24,27). The van der Waals surface area contributed by atoms with Gasteiger partial charge in [-0.2, -0.15) is 0 Å². The lowest BCUT2D eigenvalue weighted by atomic mass is 10.2. The Hall–Kier alpha value is -3.98. The molecule has 0 atom stereocenters. The maximum absolute atomic E-state index is 13.1. The fourth-order valence-electron chi connectivity index (χ4n) is 2.90. The van der Waals surface area contributed by atoms with Crippen LogP contribution in [0.5, 0.6) is 0 Å². The first-order chi connectivity index (χ1) is 14.8. The highest BCUT2D eigenvalue weighted by atomic mass is 32.2. The predicted molar refractivity (Wildman–Crippen MR) is 114 cm³/mol. The smallest absolute Gasteiger partial charge is 0.291 e. The van der Waals surface area contributed by atoms with Gasteiger partial charge in [0, 0.05) is 6.07 Å². The zero-order valence-electron chi connectivity index (χ0n) is 15.8. The number of nitrogens with one attached hydrogen (secondary N) is 2. The monoisotopic (exact) mass is 438 g/mol. The number of hydrogen-bond donors (Lipinski definition) is 2. The fraction of sp³-hybridized carbons (Fsp3) is 0. The SMILES string of the molecule is O=C(Nc1ccccc1NS(=O)(=O)c1ccc(F)cc1)c1cc(=O)c2ccccc2o1. The molecule has 0 saturated heterocycles. The van der Waals surface area contributed by atoms with E-state index in [9.17, 15) is 22.4 Å². The lowest BCUT2D eigenvalue weighted by molar-refractivity contribution is 0.0997. The summed E-state index contributed by atoms with van der Waals surface area (Å²) in [5, 5.41) is 2.88. The molecule has 0 bridgehead atoms. The Labute approximate surface area is 176 Å². The van der Waals surface area contributed by atoms with E-state index in [0.717, 1.165) is 30.3 Å². The molecule has 0 aliphatic carbocycles. The topological polar surface area (TPSA) is 105 Å². The van der Waals surface area contributed by atoms with Crippen molar-refractivity contribution in [3.8, 4) is 0 Å². The van der Waals surface area contributed by atoms with Crippen LogP contribution in [0.15, 0.2) is 93.0 Å². The van der Waals surface area contributed by atoms with Crippen molar-refractivity contribution in [1.82, 2.24) is 0 Å². The van der Waals surface area contributed by atoms with Crippen LogP contribution in [0.3, 0.4) is 0 Å². The molecule has 1 aromatic heterocycles. The Kier molecular flexibility index (Phi) is 5.26. The molecule has 0 unspecified atom stereocenters. The predicted octanol–water partition coefficient (Wildman–Crippen LogP) is 3.99. The molecule has 0 radical (unpaired) electrons. The quantitative estimate of drug-likeness (QED) is 0.490. The molecule has 0 aliphatic heterocycles. The molecule has 1 heterocycles. The lowest BCUT2D eigenvalue weighted by Crippen LogP contribution is -2.18. The molecule has 1 amide bonds. The van der Waals surface area contributed by atoms with Crippen LogP contribution in [-0.4, -0.2) is 14.3 Å². The average Bonchev–Trinajstić information content (AvgIpc) is 2.75. The third kappa shape index (κ3) is 4.31. The van der Waals surface area contributed by atoms with E-state index in [1.54, 1.807) is 36.4 Å². The summed E-state index contributed by atoms with van der Waals surface area (Å²) in [6.45, 7) is 0. The summed E-state index contributed by atoms with van der Waals surface area (Å²) in [5.41, 5.74) is 0.111. The first kappa shape index (κ1) is 20.3. The van der Waals surface area contributed by atoms with Crippen LogP contribution in [0.2, 0.25) is 0 Å². The highest BCUT2D eigenvalue weighted by Gasteiger charge is 2.18. The number of fused-ring (bicyclic) bond motifs is 1. The summed E-state index contributed by atoms with van der Waals surface area (Å²) < 4.78 is 46.2. The van der Waals surface area contributed by atoms with E-state index in [1.165, 1.54) is 12.1 Å². The van der Waals surface area contributed by atoms with E-state index in [0.29, 0.717) is 5.39 Å². The molecule has 4 rings (SSSR count). The van der Waals surface area contributed by atoms with Gasteiger partial charge in [0.1, 0.15) is 11.4 Å². The number of amides is 1. The molecule has 0 fully saturated rings. The summed E-state index contributed by atoms with van der Waals surface area (Å²) in [5.74, 6) is -1.51. The molecule has 7 nitrogen and oxygen atoms in total. The molecular weight excluding hydrogens is 423 g/mol. The minimum atomic E-state index is -4.03. The Morgan fingerprint density at radius 1 is 0.871 bits per heavy atom. The van der Waals surface area contributed by atoms with Crippen LogP contribution in [0, 0.1) is 5.82 Å². The Balaban J connectivity index is 1.63. The molecule has 0 spiro atoms. The van der Waals surface area contributed by atoms with E-state index in [4.69, 9.17) is 4.42 Å². The molecule has 3 aromatic carbocycles. The third-order valence-corrected chi connectivity index (χ3v) is 5.78. The van der Waals surface area contributed by atoms with Crippen molar-refractivity contribution in [2.45, 2.75) is 4.90 Å². The van der Waals surface area contributed by atoms with Crippen LogP contribution in [0.1, 0.15) is 10.6 Å². The number of rotatable bonds is 5. The summed E-state index contributed by atoms with van der Waals surface area (Å²) in [7, 11) is -4.03. The van der Waals surface area contributed by atoms with Gasteiger partial charge in [-0.05, 0) is 48.5 Å². The molecule has 4 aromatic rings. The first-order valence-electron chi connectivity index (χ1n) is 9.05. The maximum atomic E-state index is 13.1. The van der Waals surface area contributed by atoms with E-state index in [2.05, 4.69) is 10.0 Å². The number of carbonyl (C=O) groups excluding carboxylic acids is 1. The second kappa shape index (κ2) is 8.04. The third-order valence-electron chi connectivity index (χ3n) is 4.40. The number of sulfonamides is 1. The minimum absolute atomic E-state index is 0.0864. The summed E-state index contributed by atoms with van der Waals surface area (Å²) in [6, 6.07) is 18.0. The second-order valence-corrected chi connectivity index (χ2v) is 8.21. The molecular formula is C22H15FN2O5S. The van der Waals surface area contributed by atoms with E-state index in [1.807, 2.05) is 0 Å². The van der Waals surface area contributed by atoms with Crippen molar-refractivity contribution < 1.29 is 22.0 Å². The van der Waals surface area contributed by atoms with E-state index >= 15 is 0 Å². The van der Waals surface area contributed by atoms with Crippen LogP contribution in [0.25, 0.3) is 11.0 Å². The fourth-order valence-corrected chi connectivity index (χ4v) is 3.98. The van der Waals surface area contributed by atoms with E-state index < -0.39 is 21.7 Å². The number of carbonyl (C=O) groups is 1. The minimum Gasteiger partial charge on any atom is -0.451 e. The van der Waals surface area contributed by atoms with Crippen molar-refractivity contribution in [2.75, 3.05) is 10.0 Å². The van der Waals surface area contributed by atoms with Gasteiger partial charge < -0.3 is 9.73 Å². The summed E-state index contributed by atoms with van der Waals surface area (Å²) >= 11 is 0. The van der Waals surface area contributed by atoms with Crippen LogP contribution >= 0.6 is 0 Å². The van der Waals surface area contributed by atoms with Gasteiger partial charge >= 0.3 is 0 Å². The maximum Gasteiger partial charge on any atom is 0.291 e. The number of para-hydroxylation sites is 3. The molecule has 2 N–H and O–H groups in total. The van der Waals surface area contributed by atoms with E-state index in [-0.39, 0.29) is 33.0 Å². The molecule has 9 heteroatoms. The van der Waals surface area contributed by atoms with Crippen LogP contribution < -0.4 is 15.5 Å². The van der Waals surface area contributed by atoms with Gasteiger partial charge in [-0.25, -0.2) is 12.8 Å². The van der Waals surface area contributed by atoms with Gasteiger partial charge in [0.05, 0.1) is 21.7 Å². The van der Waals surface area contributed by atoms with Gasteiger partial charge in [0.2, 0.25) is 0 Å². The Bertz CT molecular complexity index is 1450. The van der Waals surface area contributed by atoms with Gasteiger partial charge in [0.25, 0.3) is 15.9 Å². The number of anilines is 2. The number of halogens is 1. The normalized spacial score (nSPS) is 11.3. The zero-order valence-corrected chi connectivity index (χ0v) is 16.6. The number of benzene rings is 3. The van der Waals surface area contributed by atoms with Crippen LogP contribution in [-0.2, 0) is 10.0 Å². The van der Waals surface area contributed by atoms with Crippen molar-refractivity contribution in [3.05, 3.63) is 101 Å². The molecule has 156 valence electrons. The highest BCUT2D eigenvalue weighted by Crippen LogP contribution is 2.25. The molecule has 0 aliphatic rings. The van der Waals surface area contributed by atoms with Gasteiger partial charge in [-0.3, -0.25) is 14.3 Å². The van der Waals surface area contributed by atoms with Crippen molar-refractivity contribution in [2.24, 2.45) is 0 Å². The average molecular weight is 438 g/mol. The Morgan fingerprint density at radius 2 is 1.52 bits per heavy atom. The Morgan fingerprint density at radius 3 is 2.26 bits per heavy atom. The summed E-state index contributed by atoms with van der Waals surface area (Å²) in [6.07, 6.45) is 0. The lowest BCUT2D eigenvalue weighted by Gasteiger charge is -2.13. The zero-order chi connectivity index (χ0) is 22.0. The molecule has 31 heavy (non-hydrogen) atoms. The van der Waals surface area contributed by atoms with Crippen molar-refractivity contribution in [3.63, 3.8) is 0 Å². The molecule has 0 saturated carbocycles. The van der Waals surface area contributed by atoms with Crippen molar-refractivity contribution >= 4 is 38.3 Å². The summed E-state index contributed by atoms with van der Waals surface area (Å²) in [4.78, 5) is 24.8. The van der Waals surface area contributed by atoms with Gasteiger partial charge in [-0.15, -0.1) is 0 Å². The van der Waals surface area contributed by atoms with Gasteiger partial charge in [0.15, 0.2) is 11.2 Å². The van der Waals surface area contributed by atoms with Gasteiger partial charge in [-0.1, -0.05) is 24.3 Å². The number of hydrogen-bond acceptors (Lipinski definition) is 5. The highest BCUT2D eigenvalue weighted by molar-refractivity contribution is 7.92. The van der Waals surface area contributed by atoms with Crippen molar-refractivity contribution in [1.29, 1.82) is 0 Å².